The third-order valence-electron chi connectivity index (χ3n) is 1.99. The predicted molar refractivity (Wildman–Crippen MR) is 45.5 cm³/mol. The number of nitrogens with one attached hydrogen (secondary N) is 1. The first-order valence-corrected chi connectivity index (χ1v) is 4.46. The Kier molecular flexibility index (Phi) is 4.50. The Hall–Kier alpha value is -0.120. The van der Waals surface area contributed by atoms with E-state index in [1.807, 2.05) is 0 Å². The van der Waals surface area contributed by atoms with Crippen LogP contribution in [-0.2, 0) is 4.74 Å². The van der Waals surface area contributed by atoms with Gasteiger partial charge in [0.25, 0.3) is 0 Å². The molecule has 1 saturated heterocycles. The van der Waals surface area contributed by atoms with Crippen molar-refractivity contribution in [1.29, 1.82) is 0 Å². The van der Waals surface area contributed by atoms with E-state index in [4.69, 9.17) is 10.5 Å². The lowest BCUT2D eigenvalue weighted by Crippen LogP contribution is -2.32. The van der Waals surface area contributed by atoms with Crippen molar-refractivity contribution in [3.8, 4) is 0 Å². The van der Waals surface area contributed by atoms with E-state index in [1.54, 1.807) is 0 Å². The molecule has 0 aromatic carbocycles. The summed E-state index contributed by atoms with van der Waals surface area (Å²) >= 11 is 0. The Morgan fingerprint density at radius 1 is 1.36 bits per heavy atom. The fourth-order valence-corrected chi connectivity index (χ4v) is 1.30. The maximum Gasteiger partial charge on any atom is 0.0599 e. The van der Waals surface area contributed by atoms with Crippen molar-refractivity contribution >= 4 is 0 Å². The molecule has 11 heavy (non-hydrogen) atoms. The van der Waals surface area contributed by atoms with Crippen LogP contribution < -0.4 is 11.1 Å². The van der Waals surface area contributed by atoms with Crippen LogP contribution in [0.4, 0.5) is 0 Å². The predicted octanol–water partition coefficient (Wildman–Crippen LogP) is 0.104. The van der Waals surface area contributed by atoms with Crippen LogP contribution in [0.25, 0.3) is 0 Å². The Balaban J connectivity index is 1.96. The zero-order valence-electron chi connectivity index (χ0n) is 7.01. The summed E-state index contributed by atoms with van der Waals surface area (Å²) < 4.78 is 5.60. The molecule has 1 aliphatic heterocycles. The Bertz CT molecular complexity index is 92.1. The fourth-order valence-electron chi connectivity index (χ4n) is 1.30. The molecule has 0 atom stereocenters. The highest BCUT2D eigenvalue weighted by molar-refractivity contribution is 4.67. The largest absolute Gasteiger partial charge is 0.378 e. The van der Waals surface area contributed by atoms with Crippen molar-refractivity contribution in [2.24, 2.45) is 5.73 Å². The Morgan fingerprint density at radius 3 is 2.73 bits per heavy atom. The van der Waals surface area contributed by atoms with Crippen LogP contribution in [0.1, 0.15) is 19.3 Å². The van der Waals surface area contributed by atoms with E-state index in [1.165, 1.54) is 0 Å². The molecule has 0 amide bonds. The molecule has 3 heteroatoms. The molecular weight excluding hydrogens is 140 g/mol. The molecule has 1 aliphatic rings. The van der Waals surface area contributed by atoms with Gasteiger partial charge in [-0.15, -0.1) is 0 Å². The van der Waals surface area contributed by atoms with Gasteiger partial charge in [0, 0.05) is 6.61 Å². The minimum atomic E-state index is 0.489. The van der Waals surface area contributed by atoms with Crippen molar-refractivity contribution in [3.63, 3.8) is 0 Å². The quantitative estimate of drug-likeness (QED) is 0.571. The van der Waals surface area contributed by atoms with Crippen LogP contribution >= 0.6 is 0 Å². The molecule has 3 nitrogen and oxygen atoms in total. The highest BCUT2D eigenvalue weighted by atomic mass is 16.5. The van der Waals surface area contributed by atoms with Crippen LogP contribution in [0.5, 0.6) is 0 Å². The minimum Gasteiger partial charge on any atom is -0.378 e. The van der Waals surface area contributed by atoms with Crippen LogP contribution in [0.3, 0.4) is 0 Å². The zero-order valence-corrected chi connectivity index (χ0v) is 7.01. The number of hydrogen-bond donors (Lipinski definition) is 2. The molecule has 1 fully saturated rings. The SMILES string of the molecule is NCCCOC1CCNCC1. The molecule has 0 spiro atoms. The van der Waals surface area contributed by atoms with E-state index >= 15 is 0 Å². The molecule has 0 saturated carbocycles. The van der Waals surface area contributed by atoms with E-state index in [0.717, 1.165) is 45.5 Å². The molecule has 3 N–H and O–H groups in total. The molecule has 1 rings (SSSR count). The lowest BCUT2D eigenvalue weighted by molar-refractivity contribution is 0.0325. The first-order valence-electron chi connectivity index (χ1n) is 4.46. The zero-order chi connectivity index (χ0) is 7.94. The second-order valence-electron chi connectivity index (χ2n) is 2.96. The first kappa shape index (κ1) is 8.97. The number of piperidine rings is 1. The Morgan fingerprint density at radius 2 is 2.09 bits per heavy atom. The van der Waals surface area contributed by atoms with Crippen molar-refractivity contribution in [3.05, 3.63) is 0 Å². The van der Waals surface area contributed by atoms with Crippen LogP contribution in [0.15, 0.2) is 0 Å². The summed E-state index contributed by atoms with van der Waals surface area (Å²) in [5.74, 6) is 0. The van der Waals surface area contributed by atoms with Gasteiger partial charge in [-0.1, -0.05) is 0 Å². The van der Waals surface area contributed by atoms with Crippen molar-refractivity contribution in [1.82, 2.24) is 5.32 Å². The summed E-state index contributed by atoms with van der Waals surface area (Å²) in [6.07, 6.45) is 3.79. The minimum absolute atomic E-state index is 0.489. The van der Waals surface area contributed by atoms with Crippen LogP contribution in [0, 0.1) is 0 Å². The van der Waals surface area contributed by atoms with Gasteiger partial charge in [-0.25, -0.2) is 0 Å². The number of hydrogen-bond acceptors (Lipinski definition) is 3. The van der Waals surface area contributed by atoms with Gasteiger partial charge in [-0.3, -0.25) is 0 Å². The van der Waals surface area contributed by atoms with E-state index in [2.05, 4.69) is 5.32 Å². The normalized spacial score (nSPS) is 20.5. The third-order valence-corrected chi connectivity index (χ3v) is 1.99. The molecule has 0 bridgehead atoms. The lowest BCUT2D eigenvalue weighted by Gasteiger charge is -2.22. The van der Waals surface area contributed by atoms with Gasteiger partial charge >= 0.3 is 0 Å². The number of nitrogens with two attached hydrogens (primary N) is 1. The fraction of sp³-hybridized carbons (Fsp3) is 1.00. The van der Waals surface area contributed by atoms with Gasteiger partial charge in [0.1, 0.15) is 0 Å². The molecule has 0 unspecified atom stereocenters. The summed E-state index contributed by atoms with van der Waals surface area (Å²) in [5.41, 5.74) is 5.35. The molecule has 0 aromatic heterocycles. The second kappa shape index (κ2) is 5.52. The highest BCUT2D eigenvalue weighted by Gasteiger charge is 2.11. The van der Waals surface area contributed by atoms with Crippen LogP contribution in [0.2, 0.25) is 0 Å². The average molecular weight is 158 g/mol. The smallest absolute Gasteiger partial charge is 0.0599 e. The van der Waals surface area contributed by atoms with E-state index in [0.29, 0.717) is 6.10 Å². The number of ether oxygens (including phenoxy) is 1. The van der Waals surface area contributed by atoms with Crippen LogP contribution in [-0.4, -0.2) is 32.3 Å². The summed E-state index contributed by atoms with van der Waals surface area (Å²) in [4.78, 5) is 0. The number of rotatable bonds is 4. The topological polar surface area (TPSA) is 47.3 Å². The summed E-state index contributed by atoms with van der Waals surface area (Å²) in [6.45, 7) is 3.78. The molecule has 0 aromatic rings. The highest BCUT2D eigenvalue weighted by Crippen LogP contribution is 2.06. The maximum atomic E-state index is 5.60. The summed E-state index contributed by atoms with van der Waals surface area (Å²) in [7, 11) is 0. The maximum absolute atomic E-state index is 5.60. The van der Waals surface area contributed by atoms with Gasteiger partial charge in [0.15, 0.2) is 0 Å². The van der Waals surface area contributed by atoms with Crippen molar-refractivity contribution < 1.29 is 4.74 Å². The molecule has 1 heterocycles. The molecule has 0 aliphatic carbocycles. The standard InChI is InChI=1S/C8H18N2O/c9-4-1-7-11-8-2-5-10-6-3-8/h8,10H,1-7,9H2. The summed E-state index contributed by atoms with van der Waals surface area (Å²) in [5, 5.41) is 3.30. The third kappa shape index (κ3) is 3.70. The van der Waals surface area contributed by atoms with Gasteiger partial charge in [0.2, 0.25) is 0 Å². The van der Waals surface area contributed by atoms with E-state index < -0.39 is 0 Å². The van der Waals surface area contributed by atoms with Crippen molar-refractivity contribution in [2.45, 2.75) is 25.4 Å². The van der Waals surface area contributed by atoms with E-state index in [-0.39, 0.29) is 0 Å². The lowest BCUT2D eigenvalue weighted by atomic mass is 10.1. The summed E-state index contributed by atoms with van der Waals surface area (Å²) in [6, 6.07) is 0. The second-order valence-corrected chi connectivity index (χ2v) is 2.96. The monoisotopic (exact) mass is 158 g/mol. The molecular formula is C8H18N2O. The molecule has 66 valence electrons. The average Bonchev–Trinajstić information content (AvgIpc) is 2.07. The first-order chi connectivity index (χ1) is 5.43. The van der Waals surface area contributed by atoms with Crippen molar-refractivity contribution in [2.75, 3.05) is 26.2 Å². The van der Waals surface area contributed by atoms with Gasteiger partial charge in [0.05, 0.1) is 6.10 Å². The van der Waals surface area contributed by atoms with Gasteiger partial charge in [-0.05, 0) is 38.9 Å². The molecule has 0 radical (unpaired) electrons. The Labute approximate surface area is 68.3 Å². The van der Waals surface area contributed by atoms with Gasteiger partial charge < -0.3 is 15.8 Å². The van der Waals surface area contributed by atoms with E-state index in [9.17, 15) is 0 Å². The van der Waals surface area contributed by atoms with Gasteiger partial charge in [-0.2, -0.15) is 0 Å².